The predicted octanol–water partition coefficient (Wildman–Crippen LogP) is 1.55. The highest BCUT2D eigenvalue weighted by atomic mass is 35.5. The molecule has 2 aromatic rings. The van der Waals surface area contributed by atoms with Crippen LogP contribution < -0.4 is 5.32 Å². The van der Waals surface area contributed by atoms with Crippen molar-refractivity contribution >= 4 is 22.4 Å². The number of fused-ring (bicyclic) bond motifs is 1. The SMILES string of the molecule is Cl.O=S(=O)(CCc1ccccc1)N1CCC(c2nnc3n2CCNC3)CC1. The molecular weight excluding hydrogens is 386 g/mol. The van der Waals surface area contributed by atoms with Crippen molar-refractivity contribution in [1.82, 2.24) is 24.4 Å². The van der Waals surface area contributed by atoms with Crippen molar-refractivity contribution in [3.8, 4) is 0 Å². The molecule has 0 radical (unpaired) electrons. The van der Waals surface area contributed by atoms with Crippen LogP contribution in [0.3, 0.4) is 0 Å². The van der Waals surface area contributed by atoms with E-state index in [0.29, 0.717) is 25.4 Å². The van der Waals surface area contributed by atoms with E-state index in [9.17, 15) is 8.42 Å². The minimum absolute atomic E-state index is 0. The largest absolute Gasteiger partial charge is 0.312 e. The van der Waals surface area contributed by atoms with Crippen LogP contribution in [0.25, 0.3) is 0 Å². The zero-order valence-electron chi connectivity index (χ0n) is 15.2. The van der Waals surface area contributed by atoms with Crippen LogP contribution >= 0.6 is 12.4 Å². The summed E-state index contributed by atoms with van der Waals surface area (Å²) < 4.78 is 29.2. The fourth-order valence-corrected chi connectivity index (χ4v) is 5.35. The molecule has 0 amide bonds. The zero-order valence-corrected chi connectivity index (χ0v) is 16.9. The highest BCUT2D eigenvalue weighted by Gasteiger charge is 2.31. The fraction of sp³-hybridized carbons (Fsp3) is 0.556. The van der Waals surface area contributed by atoms with Crippen LogP contribution in [0.15, 0.2) is 30.3 Å². The number of hydrogen-bond donors (Lipinski definition) is 1. The Morgan fingerprint density at radius 1 is 1.07 bits per heavy atom. The molecule has 0 aliphatic carbocycles. The lowest BCUT2D eigenvalue weighted by molar-refractivity contribution is 0.307. The number of sulfonamides is 1. The van der Waals surface area contributed by atoms with Gasteiger partial charge in [0.1, 0.15) is 11.6 Å². The Labute approximate surface area is 166 Å². The number of piperidine rings is 1. The van der Waals surface area contributed by atoms with E-state index >= 15 is 0 Å². The Kier molecular flexibility index (Phi) is 6.52. The maximum Gasteiger partial charge on any atom is 0.214 e. The molecule has 0 unspecified atom stereocenters. The first-order chi connectivity index (χ1) is 12.6. The van der Waals surface area contributed by atoms with E-state index < -0.39 is 10.0 Å². The summed E-state index contributed by atoms with van der Waals surface area (Å²) in [6.45, 7) is 3.74. The number of hydrogen-bond acceptors (Lipinski definition) is 5. The number of aromatic nitrogens is 3. The van der Waals surface area contributed by atoms with E-state index in [4.69, 9.17) is 0 Å². The molecule has 0 saturated carbocycles. The molecule has 148 valence electrons. The normalized spacial score (nSPS) is 18.7. The number of nitrogens with one attached hydrogen (secondary N) is 1. The van der Waals surface area contributed by atoms with E-state index in [1.807, 2.05) is 30.3 Å². The van der Waals surface area contributed by atoms with Gasteiger partial charge in [-0.3, -0.25) is 0 Å². The molecule has 4 rings (SSSR count). The van der Waals surface area contributed by atoms with Gasteiger partial charge in [-0.1, -0.05) is 30.3 Å². The maximum atomic E-state index is 12.7. The second-order valence-corrected chi connectivity index (χ2v) is 9.12. The summed E-state index contributed by atoms with van der Waals surface area (Å²) in [5, 5.41) is 12.0. The van der Waals surface area contributed by atoms with Crippen LogP contribution in [0.2, 0.25) is 0 Å². The predicted molar refractivity (Wildman–Crippen MR) is 106 cm³/mol. The molecule has 1 aromatic heterocycles. The number of aryl methyl sites for hydroxylation is 1. The van der Waals surface area contributed by atoms with Crippen molar-refractivity contribution in [3.05, 3.63) is 47.5 Å². The Morgan fingerprint density at radius 3 is 2.56 bits per heavy atom. The third-order valence-corrected chi connectivity index (χ3v) is 7.23. The first-order valence-electron chi connectivity index (χ1n) is 9.28. The van der Waals surface area contributed by atoms with Crippen molar-refractivity contribution in [3.63, 3.8) is 0 Å². The lowest BCUT2D eigenvalue weighted by atomic mass is 9.97. The summed E-state index contributed by atoms with van der Waals surface area (Å²) in [4.78, 5) is 0. The first-order valence-corrected chi connectivity index (χ1v) is 10.9. The Hall–Kier alpha value is -1.48. The minimum Gasteiger partial charge on any atom is -0.312 e. The number of halogens is 1. The van der Waals surface area contributed by atoms with Crippen molar-refractivity contribution in [2.45, 2.75) is 38.3 Å². The molecule has 1 aromatic carbocycles. The van der Waals surface area contributed by atoms with Gasteiger partial charge in [0.2, 0.25) is 10.0 Å². The van der Waals surface area contributed by atoms with E-state index in [0.717, 1.165) is 49.7 Å². The fourth-order valence-electron chi connectivity index (χ4n) is 3.83. The van der Waals surface area contributed by atoms with Crippen molar-refractivity contribution < 1.29 is 8.42 Å². The van der Waals surface area contributed by atoms with Gasteiger partial charge < -0.3 is 9.88 Å². The number of benzene rings is 1. The molecule has 7 nitrogen and oxygen atoms in total. The van der Waals surface area contributed by atoms with Gasteiger partial charge in [0.25, 0.3) is 0 Å². The van der Waals surface area contributed by atoms with Crippen LogP contribution in [-0.4, -0.2) is 52.9 Å². The van der Waals surface area contributed by atoms with Crippen LogP contribution in [0.5, 0.6) is 0 Å². The van der Waals surface area contributed by atoms with Crippen LogP contribution in [0.1, 0.15) is 36.0 Å². The van der Waals surface area contributed by atoms with Crippen molar-refractivity contribution in [2.24, 2.45) is 0 Å². The second-order valence-electron chi connectivity index (χ2n) is 7.03. The standard InChI is InChI=1S/C18H25N5O2S.ClH/c24-26(25,13-8-15-4-2-1-3-5-15)22-10-6-16(7-11-22)18-21-20-17-14-19-9-12-23(17)18;/h1-5,16,19H,6-14H2;1H. The van der Waals surface area contributed by atoms with Gasteiger partial charge in [-0.2, -0.15) is 0 Å². The molecule has 27 heavy (non-hydrogen) atoms. The monoisotopic (exact) mass is 411 g/mol. The van der Waals surface area contributed by atoms with Crippen LogP contribution in [-0.2, 0) is 29.5 Å². The van der Waals surface area contributed by atoms with Gasteiger partial charge in [0.15, 0.2) is 0 Å². The van der Waals surface area contributed by atoms with Gasteiger partial charge in [-0.05, 0) is 24.8 Å². The van der Waals surface area contributed by atoms with Crippen LogP contribution in [0, 0.1) is 0 Å². The highest BCUT2D eigenvalue weighted by Crippen LogP contribution is 2.29. The molecule has 1 fully saturated rings. The van der Waals surface area contributed by atoms with Gasteiger partial charge >= 0.3 is 0 Å². The summed E-state index contributed by atoms with van der Waals surface area (Å²) in [5.74, 6) is 2.50. The molecule has 1 saturated heterocycles. The lowest BCUT2D eigenvalue weighted by Crippen LogP contribution is -2.40. The van der Waals surface area contributed by atoms with E-state index in [1.54, 1.807) is 4.31 Å². The molecule has 3 heterocycles. The Morgan fingerprint density at radius 2 is 1.81 bits per heavy atom. The molecule has 0 spiro atoms. The molecule has 2 aliphatic rings. The summed E-state index contributed by atoms with van der Waals surface area (Å²) >= 11 is 0. The summed E-state index contributed by atoms with van der Waals surface area (Å²) in [6.07, 6.45) is 2.19. The van der Waals surface area contributed by atoms with Crippen LogP contribution in [0.4, 0.5) is 0 Å². The minimum atomic E-state index is -3.21. The van der Waals surface area contributed by atoms with Gasteiger partial charge in [0.05, 0.1) is 12.3 Å². The van der Waals surface area contributed by atoms with Gasteiger partial charge in [-0.15, -0.1) is 22.6 Å². The number of rotatable bonds is 5. The van der Waals surface area contributed by atoms with E-state index in [2.05, 4.69) is 20.1 Å². The van der Waals surface area contributed by atoms with E-state index in [-0.39, 0.29) is 18.2 Å². The Bertz CT molecular complexity index is 848. The third kappa shape index (κ3) is 4.51. The smallest absolute Gasteiger partial charge is 0.214 e. The summed E-state index contributed by atoms with van der Waals surface area (Å²) in [5.41, 5.74) is 1.06. The second kappa shape index (κ2) is 8.68. The quantitative estimate of drug-likeness (QED) is 0.807. The molecule has 1 N–H and O–H groups in total. The van der Waals surface area contributed by atoms with Gasteiger partial charge in [0, 0.05) is 32.1 Å². The maximum absolute atomic E-state index is 12.7. The molecule has 9 heteroatoms. The average molecular weight is 412 g/mol. The van der Waals surface area contributed by atoms with Crippen molar-refractivity contribution in [2.75, 3.05) is 25.4 Å². The Balaban J connectivity index is 0.00000210. The molecular formula is C18H26ClN5O2S. The molecule has 0 atom stereocenters. The highest BCUT2D eigenvalue weighted by molar-refractivity contribution is 7.89. The number of nitrogens with zero attached hydrogens (tertiary/aromatic N) is 4. The van der Waals surface area contributed by atoms with Gasteiger partial charge in [-0.25, -0.2) is 12.7 Å². The molecule has 0 bridgehead atoms. The lowest BCUT2D eigenvalue weighted by Gasteiger charge is -2.31. The third-order valence-electron chi connectivity index (χ3n) is 5.36. The summed E-state index contributed by atoms with van der Waals surface area (Å²) in [6, 6.07) is 9.79. The average Bonchev–Trinajstić information content (AvgIpc) is 3.12. The van der Waals surface area contributed by atoms with Crippen molar-refractivity contribution in [1.29, 1.82) is 0 Å². The summed E-state index contributed by atoms with van der Waals surface area (Å²) in [7, 11) is -3.21. The topological polar surface area (TPSA) is 80.1 Å². The first kappa shape index (κ1) is 20.3. The molecule has 2 aliphatic heterocycles. The van der Waals surface area contributed by atoms with E-state index in [1.165, 1.54) is 0 Å². The zero-order chi connectivity index (χ0) is 18.0.